The fourth-order valence-electron chi connectivity index (χ4n) is 2.11. The zero-order valence-corrected chi connectivity index (χ0v) is 7.53. The Bertz CT molecular complexity index is 247. The lowest BCUT2D eigenvalue weighted by Gasteiger charge is -2.18. The number of hydrogen-bond acceptors (Lipinski definition) is 2. The quantitative estimate of drug-likeness (QED) is 0.532. The Labute approximate surface area is 77.4 Å². The first-order chi connectivity index (χ1) is 6.16. The minimum absolute atomic E-state index is 0.337. The van der Waals surface area contributed by atoms with Gasteiger partial charge in [0.05, 0.1) is 12.2 Å². The van der Waals surface area contributed by atoms with Crippen molar-refractivity contribution >= 4 is 5.97 Å². The molecule has 1 saturated heterocycles. The highest BCUT2D eigenvalue weighted by Gasteiger charge is 2.43. The van der Waals surface area contributed by atoms with Gasteiger partial charge >= 0.3 is 5.97 Å². The van der Waals surface area contributed by atoms with Gasteiger partial charge in [0.1, 0.15) is 0 Å². The third kappa shape index (κ3) is 1.91. The lowest BCUT2D eigenvalue weighted by atomic mass is 9.85. The second-order valence-corrected chi connectivity index (χ2v) is 4.00. The number of carboxylic acid groups (broad SMARTS) is 1. The van der Waals surface area contributed by atoms with Gasteiger partial charge in [0.25, 0.3) is 0 Å². The van der Waals surface area contributed by atoms with E-state index < -0.39 is 5.97 Å². The van der Waals surface area contributed by atoms with Crippen molar-refractivity contribution in [3.63, 3.8) is 0 Å². The molecule has 2 fully saturated rings. The molecule has 72 valence electrons. The zero-order valence-electron chi connectivity index (χ0n) is 7.53. The van der Waals surface area contributed by atoms with E-state index in [-0.39, 0.29) is 0 Å². The van der Waals surface area contributed by atoms with Gasteiger partial charge in [0, 0.05) is 5.57 Å². The molecule has 0 spiro atoms. The number of carboxylic acids is 1. The highest BCUT2D eigenvalue weighted by Crippen LogP contribution is 2.41. The molecule has 1 N–H and O–H groups in total. The first kappa shape index (κ1) is 8.75. The summed E-state index contributed by atoms with van der Waals surface area (Å²) in [6.07, 6.45) is 4.77. The minimum Gasteiger partial charge on any atom is -0.478 e. The average Bonchev–Trinajstić information content (AvgIpc) is 2.81. The summed E-state index contributed by atoms with van der Waals surface area (Å²) in [5.41, 5.74) is 0.337. The highest BCUT2D eigenvalue weighted by molar-refractivity contribution is 5.85. The summed E-state index contributed by atoms with van der Waals surface area (Å²) in [5, 5.41) is 8.66. The van der Waals surface area contributed by atoms with Crippen LogP contribution in [0.15, 0.2) is 12.2 Å². The summed E-state index contributed by atoms with van der Waals surface area (Å²) in [4.78, 5) is 10.5. The summed E-state index contributed by atoms with van der Waals surface area (Å²) >= 11 is 0. The normalized spacial score (nSPS) is 36.5. The molecule has 1 saturated carbocycles. The van der Waals surface area contributed by atoms with Crippen LogP contribution in [0.3, 0.4) is 0 Å². The van der Waals surface area contributed by atoms with E-state index in [1.165, 1.54) is 0 Å². The van der Waals surface area contributed by atoms with Gasteiger partial charge in [-0.25, -0.2) is 4.79 Å². The SMILES string of the molecule is C=C(CC1CCC2OC2C1)C(=O)O. The van der Waals surface area contributed by atoms with Gasteiger partial charge in [-0.15, -0.1) is 0 Å². The molecular formula is C10H14O3. The Morgan fingerprint density at radius 3 is 2.85 bits per heavy atom. The van der Waals surface area contributed by atoms with Gasteiger partial charge in [-0.2, -0.15) is 0 Å². The lowest BCUT2D eigenvalue weighted by molar-refractivity contribution is -0.132. The first-order valence-corrected chi connectivity index (χ1v) is 4.73. The van der Waals surface area contributed by atoms with Crippen LogP contribution in [0.25, 0.3) is 0 Å². The number of epoxide rings is 1. The lowest BCUT2D eigenvalue weighted by Crippen LogP contribution is -2.15. The van der Waals surface area contributed by atoms with Gasteiger partial charge in [-0.3, -0.25) is 0 Å². The maximum atomic E-state index is 10.5. The van der Waals surface area contributed by atoms with E-state index in [1.54, 1.807) is 0 Å². The molecule has 1 aliphatic carbocycles. The summed E-state index contributed by atoms with van der Waals surface area (Å²) in [6, 6.07) is 0. The average molecular weight is 182 g/mol. The molecular weight excluding hydrogens is 168 g/mol. The van der Waals surface area contributed by atoms with Crippen LogP contribution in [0.5, 0.6) is 0 Å². The number of ether oxygens (including phenoxy) is 1. The van der Waals surface area contributed by atoms with Crippen molar-refractivity contribution in [2.24, 2.45) is 5.92 Å². The van der Waals surface area contributed by atoms with Crippen molar-refractivity contribution in [3.05, 3.63) is 12.2 Å². The second-order valence-electron chi connectivity index (χ2n) is 4.00. The van der Waals surface area contributed by atoms with E-state index in [0.29, 0.717) is 30.1 Å². The number of hydrogen-bond donors (Lipinski definition) is 1. The van der Waals surface area contributed by atoms with Crippen molar-refractivity contribution in [1.29, 1.82) is 0 Å². The van der Waals surface area contributed by atoms with E-state index in [2.05, 4.69) is 6.58 Å². The van der Waals surface area contributed by atoms with Crippen molar-refractivity contribution < 1.29 is 14.6 Å². The van der Waals surface area contributed by atoms with Crippen LogP contribution in [0.2, 0.25) is 0 Å². The Kier molecular flexibility index (Phi) is 2.12. The molecule has 0 amide bonds. The predicted octanol–water partition coefficient (Wildman–Crippen LogP) is 1.58. The smallest absolute Gasteiger partial charge is 0.330 e. The Morgan fingerprint density at radius 1 is 1.46 bits per heavy atom. The molecule has 0 aromatic rings. The Morgan fingerprint density at radius 2 is 2.23 bits per heavy atom. The van der Waals surface area contributed by atoms with Crippen LogP contribution >= 0.6 is 0 Å². The van der Waals surface area contributed by atoms with Gasteiger partial charge < -0.3 is 9.84 Å². The standard InChI is InChI=1S/C10H14O3/c1-6(10(11)12)4-7-2-3-8-9(5-7)13-8/h7-9H,1-5H2,(H,11,12). The van der Waals surface area contributed by atoms with Gasteiger partial charge in [-0.1, -0.05) is 6.58 Å². The fraction of sp³-hybridized carbons (Fsp3) is 0.700. The van der Waals surface area contributed by atoms with E-state index in [1.807, 2.05) is 0 Å². The van der Waals surface area contributed by atoms with Gasteiger partial charge in [-0.05, 0) is 31.6 Å². The maximum absolute atomic E-state index is 10.5. The van der Waals surface area contributed by atoms with Crippen LogP contribution in [-0.4, -0.2) is 23.3 Å². The zero-order chi connectivity index (χ0) is 9.42. The van der Waals surface area contributed by atoms with Crippen molar-refractivity contribution in [2.45, 2.75) is 37.9 Å². The molecule has 0 bridgehead atoms. The molecule has 2 aliphatic rings. The number of fused-ring (bicyclic) bond motifs is 1. The van der Waals surface area contributed by atoms with Crippen molar-refractivity contribution in [2.75, 3.05) is 0 Å². The van der Waals surface area contributed by atoms with Gasteiger partial charge in [0.2, 0.25) is 0 Å². The number of rotatable bonds is 3. The van der Waals surface area contributed by atoms with Gasteiger partial charge in [0.15, 0.2) is 0 Å². The maximum Gasteiger partial charge on any atom is 0.330 e. The fourth-order valence-corrected chi connectivity index (χ4v) is 2.11. The van der Waals surface area contributed by atoms with Crippen molar-refractivity contribution in [1.82, 2.24) is 0 Å². The molecule has 2 rings (SSSR count). The van der Waals surface area contributed by atoms with Crippen LogP contribution in [0, 0.1) is 5.92 Å². The topological polar surface area (TPSA) is 49.8 Å². The molecule has 0 radical (unpaired) electrons. The summed E-state index contributed by atoms with van der Waals surface area (Å²) < 4.78 is 5.37. The third-order valence-electron chi connectivity index (χ3n) is 2.95. The molecule has 1 heterocycles. The number of aliphatic carboxylic acids is 1. The van der Waals surface area contributed by atoms with E-state index >= 15 is 0 Å². The largest absolute Gasteiger partial charge is 0.478 e. The molecule has 3 unspecified atom stereocenters. The predicted molar refractivity (Wildman–Crippen MR) is 47.4 cm³/mol. The molecule has 3 atom stereocenters. The molecule has 3 heteroatoms. The van der Waals surface area contributed by atoms with Crippen molar-refractivity contribution in [3.8, 4) is 0 Å². The molecule has 13 heavy (non-hydrogen) atoms. The molecule has 0 aromatic carbocycles. The van der Waals surface area contributed by atoms with E-state index in [4.69, 9.17) is 9.84 Å². The highest BCUT2D eigenvalue weighted by atomic mass is 16.6. The number of carbonyl (C=O) groups is 1. The molecule has 0 aromatic heterocycles. The second kappa shape index (κ2) is 3.14. The third-order valence-corrected chi connectivity index (χ3v) is 2.95. The molecule has 3 nitrogen and oxygen atoms in total. The van der Waals surface area contributed by atoms with Crippen LogP contribution in [0.4, 0.5) is 0 Å². The van der Waals surface area contributed by atoms with Crippen LogP contribution in [-0.2, 0) is 9.53 Å². The van der Waals surface area contributed by atoms with Crippen LogP contribution < -0.4 is 0 Å². The first-order valence-electron chi connectivity index (χ1n) is 4.73. The summed E-state index contributed by atoms with van der Waals surface area (Å²) in [5.74, 6) is -0.383. The van der Waals surface area contributed by atoms with Crippen LogP contribution in [0.1, 0.15) is 25.7 Å². The summed E-state index contributed by atoms with van der Waals surface area (Å²) in [6.45, 7) is 3.55. The minimum atomic E-state index is -0.862. The molecule has 1 aliphatic heterocycles. The monoisotopic (exact) mass is 182 g/mol. The van der Waals surface area contributed by atoms with E-state index in [0.717, 1.165) is 19.3 Å². The Balaban J connectivity index is 1.81. The Hall–Kier alpha value is -0.830. The van der Waals surface area contributed by atoms with E-state index in [9.17, 15) is 4.79 Å². The summed E-state index contributed by atoms with van der Waals surface area (Å²) in [7, 11) is 0.